The molecule has 0 saturated heterocycles. The standard InChI is InChI=1S/C8H6ClF3O2S/c9-5-15(13,14)7-3-1-2-6(4-7)8(10,11)12/h1-4H,5H2. The van der Waals surface area contributed by atoms with E-state index in [1.807, 2.05) is 0 Å². The first kappa shape index (κ1) is 12.3. The van der Waals surface area contributed by atoms with Crippen molar-refractivity contribution in [3.63, 3.8) is 0 Å². The van der Waals surface area contributed by atoms with Crippen molar-refractivity contribution in [3.8, 4) is 0 Å². The van der Waals surface area contributed by atoms with Crippen LogP contribution < -0.4 is 0 Å². The smallest absolute Gasteiger partial charge is 0.222 e. The second-order valence-electron chi connectivity index (χ2n) is 2.75. The molecule has 2 nitrogen and oxygen atoms in total. The molecule has 0 aliphatic heterocycles. The molecule has 84 valence electrons. The molecular weight excluding hydrogens is 253 g/mol. The minimum atomic E-state index is -4.56. The summed E-state index contributed by atoms with van der Waals surface area (Å²) in [5, 5.41) is -0.742. The van der Waals surface area contributed by atoms with Crippen LogP contribution in [0.15, 0.2) is 29.2 Å². The number of hydrogen-bond acceptors (Lipinski definition) is 2. The molecule has 0 aromatic heterocycles. The number of alkyl halides is 4. The van der Waals surface area contributed by atoms with Crippen LogP contribution in [0.25, 0.3) is 0 Å². The molecule has 0 unspecified atom stereocenters. The van der Waals surface area contributed by atoms with Crippen LogP contribution >= 0.6 is 11.6 Å². The molecule has 0 fully saturated rings. The van der Waals surface area contributed by atoms with Gasteiger partial charge in [0.15, 0.2) is 9.84 Å². The first-order valence-corrected chi connectivity index (χ1v) is 5.92. The first-order valence-electron chi connectivity index (χ1n) is 3.73. The molecule has 0 aliphatic carbocycles. The van der Waals surface area contributed by atoms with Crippen molar-refractivity contribution in [2.24, 2.45) is 0 Å². The van der Waals surface area contributed by atoms with E-state index < -0.39 is 31.7 Å². The van der Waals surface area contributed by atoms with Crippen molar-refractivity contribution in [3.05, 3.63) is 29.8 Å². The van der Waals surface area contributed by atoms with E-state index in [0.717, 1.165) is 18.2 Å². The zero-order valence-electron chi connectivity index (χ0n) is 7.25. The Hall–Kier alpha value is -0.750. The zero-order valence-corrected chi connectivity index (χ0v) is 8.83. The Morgan fingerprint density at radius 1 is 1.27 bits per heavy atom. The van der Waals surface area contributed by atoms with Gasteiger partial charge in [-0.25, -0.2) is 8.42 Å². The normalized spacial score (nSPS) is 12.8. The first-order chi connectivity index (χ1) is 6.77. The fourth-order valence-corrected chi connectivity index (χ4v) is 2.03. The van der Waals surface area contributed by atoms with Crippen LogP contribution in [0, 0.1) is 0 Å². The lowest BCUT2D eigenvalue weighted by atomic mass is 10.2. The van der Waals surface area contributed by atoms with Gasteiger partial charge < -0.3 is 0 Å². The van der Waals surface area contributed by atoms with Gasteiger partial charge in [0.25, 0.3) is 0 Å². The highest BCUT2D eigenvalue weighted by molar-refractivity contribution is 7.92. The third-order valence-electron chi connectivity index (χ3n) is 1.66. The molecule has 1 rings (SSSR count). The van der Waals surface area contributed by atoms with E-state index in [1.54, 1.807) is 0 Å². The minimum Gasteiger partial charge on any atom is -0.222 e. The van der Waals surface area contributed by atoms with Gasteiger partial charge in [-0.3, -0.25) is 0 Å². The Labute approximate surface area is 89.6 Å². The minimum absolute atomic E-state index is 0.424. The second kappa shape index (κ2) is 4.02. The van der Waals surface area contributed by atoms with Crippen LogP contribution in [0.4, 0.5) is 13.2 Å². The average Bonchev–Trinajstić information content (AvgIpc) is 2.17. The van der Waals surface area contributed by atoms with Gasteiger partial charge in [0.2, 0.25) is 0 Å². The third kappa shape index (κ3) is 2.85. The summed E-state index contributed by atoms with van der Waals surface area (Å²) in [6, 6.07) is 3.47. The topological polar surface area (TPSA) is 34.1 Å². The Morgan fingerprint density at radius 2 is 1.87 bits per heavy atom. The Bertz CT molecular complexity index is 453. The van der Waals surface area contributed by atoms with Gasteiger partial charge in [-0.1, -0.05) is 6.07 Å². The molecule has 0 saturated carbocycles. The van der Waals surface area contributed by atoms with Gasteiger partial charge in [0, 0.05) is 0 Å². The predicted octanol–water partition coefficient (Wildman–Crippen LogP) is 2.68. The van der Waals surface area contributed by atoms with Gasteiger partial charge in [-0.05, 0) is 18.2 Å². The molecule has 0 N–H and O–H groups in total. The van der Waals surface area contributed by atoms with Gasteiger partial charge in [0.1, 0.15) is 5.21 Å². The van der Waals surface area contributed by atoms with Gasteiger partial charge in [-0.15, -0.1) is 11.6 Å². The molecule has 15 heavy (non-hydrogen) atoms. The number of rotatable bonds is 2. The van der Waals surface area contributed by atoms with Crippen LogP contribution in [-0.4, -0.2) is 13.6 Å². The van der Waals surface area contributed by atoms with E-state index in [9.17, 15) is 21.6 Å². The molecule has 0 aliphatic rings. The largest absolute Gasteiger partial charge is 0.416 e. The van der Waals surface area contributed by atoms with E-state index in [0.29, 0.717) is 6.07 Å². The lowest BCUT2D eigenvalue weighted by molar-refractivity contribution is -0.137. The summed E-state index contributed by atoms with van der Waals surface area (Å²) in [6.45, 7) is 0. The third-order valence-corrected chi connectivity index (χ3v) is 3.79. The fourth-order valence-electron chi connectivity index (χ4n) is 0.929. The summed E-state index contributed by atoms with van der Waals surface area (Å²) in [4.78, 5) is -0.424. The number of halogens is 4. The predicted molar refractivity (Wildman–Crippen MR) is 49.3 cm³/mol. The molecule has 0 amide bonds. The summed E-state index contributed by atoms with van der Waals surface area (Å²) in [7, 11) is -3.82. The number of benzene rings is 1. The number of hydrogen-bond donors (Lipinski definition) is 0. The monoisotopic (exact) mass is 258 g/mol. The van der Waals surface area contributed by atoms with E-state index in [-0.39, 0.29) is 0 Å². The van der Waals surface area contributed by atoms with Crippen molar-refractivity contribution >= 4 is 21.4 Å². The van der Waals surface area contributed by atoms with Crippen molar-refractivity contribution in [1.82, 2.24) is 0 Å². The maximum absolute atomic E-state index is 12.2. The highest BCUT2D eigenvalue weighted by Crippen LogP contribution is 2.30. The average molecular weight is 259 g/mol. The van der Waals surface area contributed by atoms with Crippen LogP contribution in [-0.2, 0) is 16.0 Å². The SMILES string of the molecule is O=S(=O)(CCl)c1cccc(C(F)(F)F)c1. The lowest BCUT2D eigenvalue weighted by Crippen LogP contribution is -2.08. The molecule has 0 bridgehead atoms. The van der Waals surface area contributed by atoms with Crippen molar-refractivity contribution < 1.29 is 21.6 Å². The maximum atomic E-state index is 12.2. The van der Waals surface area contributed by atoms with Gasteiger partial charge >= 0.3 is 6.18 Å². The zero-order chi connectivity index (χ0) is 11.7. The van der Waals surface area contributed by atoms with E-state index >= 15 is 0 Å². The quantitative estimate of drug-likeness (QED) is 0.765. The lowest BCUT2D eigenvalue weighted by Gasteiger charge is -2.07. The van der Waals surface area contributed by atoms with Crippen LogP contribution in [0.3, 0.4) is 0 Å². The maximum Gasteiger partial charge on any atom is 0.416 e. The summed E-state index contributed by atoms with van der Waals surface area (Å²) < 4.78 is 59.1. The van der Waals surface area contributed by atoms with Crippen molar-refractivity contribution in [1.29, 1.82) is 0 Å². The molecular formula is C8H6ClF3O2S. The van der Waals surface area contributed by atoms with Crippen LogP contribution in [0.2, 0.25) is 0 Å². The molecule has 1 aromatic rings. The highest BCUT2D eigenvalue weighted by Gasteiger charge is 2.31. The van der Waals surface area contributed by atoms with Crippen molar-refractivity contribution in [2.45, 2.75) is 11.1 Å². The Morgan fingerprint density at radius 3 is 2.33 bits per heavy atom. The molecule has 0 spiro atoms. The summed E-state index contributed by atoms with van der Waals surface area (Å²) >= 11 is 5.13. The summed E-state index contributed by atoms with van der Waals surface area (Å²) in [5.74, 6) is 0. The van der Waals surface area contributed by atoms with E-state index in [2.05, 4.69) is 0 Å². The molecule has 0 atom stereocenters. The van der Waals surface area contributed by atoms with Crippen molar-refractivity contribution in [2.75, 3.05) is 5.21 Å². The number of sulfone groups is 1. The molecule has 0 radical (unpaired) electrons. The van der Waals surface area contributed by atoms with Gasteiger partial charge in [0.05, 0.1) is 10.5 Å². The molecule has 1 aromatic carbocycles. The van der Waals surface area contributed by atoms with Crippen LogP contribution in [0.5, 0.6) is 0 Å². The van der Waals surface area contributed by atoms with E-state index in [4.69, 9.17) is 11.6 Å². The highest BCUT2D eigenvalue weighted by atomic mass is 35.5. The van der Waals surface area contributed by atoms with E-state index in [1.165, 1.54) is 0 Å². The van der Waals surface area contributed by atoms with Crippen LogP contribution in [0.1, 0.15) is 5.56 Å². The second-order valence-corrected chi connectivity index (χ2v) is 5.32. The Balaban J connectivity index is 3.27. The summed E-state index contributed by atoms with van der Waals surface area (Å²) in [6.07, 6.45) is -4.56. The fraction of sp³-hybridized carbons (Fsp3) is 0.250. The molecule has 0 heterocycles. The molecule has 7 heteroatoms. The summed E-state index contributed by atoms with van der Waals surface area (Å²) in [5.41, 5.74) is -1.01. The van der Waals surface area contributed by atoms with Gasteiger partial charge in [-0.2, -0.15) is 13.2 Å². The Kier molecular flexibility index (Phi) is 3.30.